The van der Waals surface area contributed by atoms with E-state index in [0.717, 1.165) is 6.61 Å². The number of ether oxygens (including phenoxy) is 1. The van der Waals surface area contributed by atoms with Gasteiger partial charge in [0.05, 0.1) is 6.10 Å². The lowest BCUT2D eigenvalue weighted by atomic mass is 10.0. The molecule has 0 radical (unpaired) electrons. The van der Waals surface area contributed by atoms with Gasteiger partial charge in [0.15, 0.2) is 0 Å². The van der Waals surface area contributed by atoms with Crippen LogP contribution in [0.1, 0.15) is 44.9 Å². The molecule has 0 spiro atoms. The lowest BCUT2D eigenvalue weighted by Gasteiger charge is -2.22. The van der Waals surface area contributed by atoms with E-state index in [2.05, 4.69) is 6.08 Å². The first-order valence-corrected chi connectivity index (χ1v) is 5.24. The first-order valence-electron chi connectivity index (χ1n) is 5.24. The summed E-state index contributed by atoms with van der Waals surface area (Å²) in [6.07, 6.45) is 12.1. The fraction of sp³-hybridized carbons (Fsp3) is 0.818. The van der Waals surface area contributed by atoms with Gasteiger partial charge in [-0.15, -0.1) is 0 Å². The molecule has 1 unspecified atom stereocenters. The van der Waals surface area contributed by atoms with E-state index in [1.165, 1.54) is 44.9 Å². The molecule has 1 nitrogen and oxygen atoms in total. The van der Waals surface area contributed by atoms with E-state index in [9.17, 15) is 0 Å². The summed E-state index contributed by atoms with van der Waals surface area (Å²) >= 11 is 0. The van der Waals surface area contributed by atoms with Crippen molar-refractivity contribution in [2.45, 2.75) is 51.0 Å². The highest BCUT2D eigenvalue weighted by Crippen LogP contribution is 2.26. The zero-order chi connectivity index (χ0) is 8.23. The molecule has 0 aromatic heterocycles. The summed E-state index contributed by atoms with van der Waals surface area (Å²) in [6, 6.07) is 0. The average molecular weight is 166 g/mol. The highest BCUT2D eigenvalue weighted by Gasteiger charge is 2.16. The minimum absolute atomic E-state index is 0.558. The van der Waals surface area contributed by atoms with Crippen LogP contribution >= 0.6 is 0 Å². The molecule has 1 atom stereocenters. The number of hydrogen-bond acceptors (Lipinski definition) is 1. The van der Waals surface area contributed by atoms with Gasteiger partial charge in [-0.1, -0.05) is 11.6 Å². The molecule has 1 aliphatic carbocycles. The van der Waals surface area contributed by atoms with Gasteiger partial charge in [0.2, 0.25) is 0 Å². The number of hydrogen-bond donors (Lipinski definition) is 0. The van der Waals surface area contributed by atoms with E-state index in [1.807, 2.05) is 0 Å². The largest absolute Gasteiger partial charge is 0.378 e. The molecule has 0 N–H and O–H groups in total. The first-order chi connectivity index (χ1) is 5.95. The van der Waals surface area contributed by atoms with Gasteiger partial charge in [-0.05, 0) is 44.9 Å². The van der Waals surface area contributed by atoms with E-state index in [1.54, 1.807) is 5.57 Å². The van der Waals surface area contributed by atoms with Gasteiger partial charge in [-0.2, -0.15) is 0 Å². The van der Waals surface area contributed by atoms with Crippen LogP contribution in [0.3, 0.4) is 0 Å². The van der Waals surface area contributed by atoms with E-state index in [4.69, 9.17) is 4.74 Å². The zero-order valence-electron chi connectivity index (χ0n) is 7.72. The Labute approximate surface area is 74.8 Å². The molecular weight excluding hydrogens is 148 g/mol. The van der Waals surface area contributed by atoms with Crippen molar-refractivity contribution in [1.29, 1.82) is 0 Å². The molecule has 0 bridgehead atoms. The molecule has 12 heavy (non-hydrogen) atoms. The normalized spacial score (nSPS) is 30.3. The number of allylic oxidation sites excluding steroid dienone is 1. The average Bonchev–Trinajstić information content (AvgIpc) is 2.59. The lowest BCUT2D eigenvalue weighted by Crippen LogP contribution is -2.19. The van der Waals surface area contributed by atoms with Gasteiger partial charge in [-0.3, -0.25) is 0 Å². The van der Waals surface area contributed by atoms with Crippen LogP contribution in [0.25, 0.3) is 0 Å². The van der Waals surface area contributed by atoms with Crippen molar-refractivity contribution in [3.05, 3.63) is 11.6 Å². The quantitative estimate of drug-likeness (QED) is 0.573. The molecule has 0 aromatic carbocycles. The summed E-state index contributed by atoms with van der Waals surface area (Å²) in [7, 11) is 0. The zero-order valence-corrected chi connectivity index (χ0v) is 7.72. The highest BCUT2D eigenvalue weighted by atomic mass is 16.5. The van der Waals surface area contributed by atoms with E-state index in [0.29, 0.717) is 6.10 Å². The Morgan fingerprint density at radius 2 is 2.33 bits per heavy atom. The van der Waals surface area contributed by atoms with Crippen LogP contribution in [0.2, 0.25) is 0 Å². The first kappa shape index (κ1) is 8.31. The molecule has 1 aliphatic heterocycles. The molecule has 2 aliphatic rings. The van der Waals surface area contributed by atoms with Gasteiger partial charge in [0.1, 0.15) is 0 Å². The Balaban J connectivity index is 1.77. The Kier molecular flexibility index (Phi) is 2.83. The van der Waals surface area contributed by atoms with Crippen LogP contribution < -0.4 is 0 Å². The fourth-order valence-electron chi connectivity index (χ4n) is 2.18. The summed E-state index contributed by atoms with van der Waals surface area (Å²) in [4.78, 5) is 0. The Morgan fingerprint density at radius 1 is 1.33 bits per heavy atom. The maximum Gasteiger partial charge on any atom is 0.0612 e. The third-order valence-corrected chi connectivity index (χ3v) is 2.90. The third kappa shape index (κ3) is 2.10. The minimum atomic E-state index is 0.558. The predicted molar refractivity (Wildman–Crippen MR) is 50.1 cm³/mol. The smallest absolute Gasteiger partial charge is 0.0612 e. The van der Waals surface area contributed by atoms with Crippen molar-refractivity contribution in [2.24, 2.45) is 0 Å². The van der Waals surface area contributed by atoms with Crippen LogP contribution in [0, 0.1) is 0 Å². The van der Waals surface area contributed by atoms with Crippen LogP contribution in [0.5, 0.6) is 0 Å². The van der Waals surface area contributed by atoms with Crippen LogP contribution in [0.15, 0.2) is 11.6 Å². The standard InChI is InChI=1S/C11H18O/c1-2-6-10(5-1)9-11-7-3-4-8-12-11/h5,11H,1-4,6-9H2. The second-order valence-electron chi connectivity index (χ2n) is 3.95. The molecule has 0 amide bonds. The van der Waals surface area contributed by atoms with Gasteiger partial charge in [-0.25, -0.2) is 0 Å². The van der Waals surface area contributed by atoms with Crippen molar-refractivity contribution in [3.63, 3.8) is 0 Å². The second-order valence-corrected chi connectivity index (χ2v) is 3.95. The lowest BCUT2D eigenvalue weighted by molar-refractivity contribution is 0.0165. The van der Waals surface area contributed by atoms with Crippen LogP contribution in [-0.2, 0) is 4.74 Å². The van der Waals surface area contributed by atoms with Gasteiger partial charge >= 0.3 is 0 Å². The van der Waals surface area contributed by atoms with Gasteiger partial charge in [0, 0.05) is 6.61 Å². The van der Waals surface area contributed by atoms with E-state index < -0.39 is 0 Å². The van der Waals surface area contributed by atoms with Crippen molar-refractivity contribution >= 4 is 0 Å². The van der Waals surface area contributed by atoms with E-state index in [-0.39, 0.29) is 0 Å². The fourth-order valence-corrected chi connectivity index (χ4v) is 2.18. The monoisotopic (exact) mass is 166 g/mol. The maximum absolute atomic E-state index is 5.70. The van der Waals surface area contributed by atoms with Crippen molar-refractivity contribution in [1.82, 2.24) is 0 Å². The van der Waals surface area contributed by atoms with Crippen LogP contribution in [-0.4, -0.2) is 12.7 Å². The minimum Gasteiger partial charge on any atom is -0.378 e. The van der Waals surface area contributed by atoms with E-state index >= 15 is 0 Å². The predicted octanol–water partition coefficient (Wildman–Crippen LogP) is 3.06. The third-order valence-electron chi connectivity index (χ3n) is 2.90. The molecule has 1 fully saturated rings. The summed E-state index contributed by atoms with van der Waals surface area (Å²) < 4.78 is 5.70. The van der Waals surface area contributed by atoms with Crippen LogP contribution in [0.4, 0.5) is 0 Å². The molecular formula is C11H18O. The molecule has 2 rings (SSSR count). The van der Waals surface area contributed by atoms with Crippen molar-refractivity contribution in [3.8, 4) is 0 Å². The summed E-state index contributed by atoms with van der Waals surface area (Å²) in [5, 5.41) is 0. The molecule has 68 valence electrons. The molecule has 0 saturated carbocycles. The maximum atomic E-state index is 5.70. The highest BCUT2D eigenvalue weighted by molar-refractivity contribution is 5.08. The van der Waals surface area contributed by atoms with Crippen molar-refractivity contribution in [2.75, 3.05) is 6.61 Å². The Hall–Kier alpha value is -0.300. The summed E-state index contributed by atoms with van der Waals surface area (Å²) in [6.45, 7) is 0.998. The van der Waals surface area contributed by atoms with Crippen molar-refractivity contribution < 1.29 is 4.74 Å². The summed E-state index contributed by atoms with van der Waals surface area (Å²) in [5.74, 6) is 0. The molecule has 1 heteroatoms. The molecule has 0 aromatic rings. The Bertz CT molecular complexity index is 166. The Morgan fingerprint density at radius 3 is 3.00 bits per heavy atom. The van der Waals surface area contributed by atoms with Gasteiger partial charge < -0.3 is 4.74 Å². The summed E-state index contributed by atoms with van der Waals surface area (Å²) in [5.41, 5.74) is 1.65. The topological polar surface area (TPSA) is 9.23 Å². The second kappa shape index (κ2) is 4.08. The number of rotatable bonds is 2. The molecule has 1 saturated heterocycles. The van der Waals surface area contributed by atoms with Gasteiger partial charge in [0.25, 0.3) is 0 Å². The molecule has 1 heterocycles. The SMILES string of the molecule is C1=C(CC2CCCCO2)CCC1.